The molecule has 0 heterocycles. The molecule has 0 saturated carbocycles. The van der Waals surface area contributed by atoms with E-state index in [9.17, 15) is 0 Å². The van der Waals surface area contributed by atoms with Gasteiger partial charge >= 0.3 is 0 Å². The summed E-state index contributed by atoms with van der Waals surface area (Å²) in [6.07, 6.45) is 0. The Labute approximate surface area is 156 Å². The highest BCUT2D eigenvalue weighted by Gasteiger charge is 2.19. The molecule has 2 rings (SSSR count). The molecule has 0 nitrogen and oxygen atoms in total. The van der Waals surface area contributed by atoms with E-state index in [1.807, 2.05) is 0 Å². The van der Waals surface area contributed by atoms with Crippen molar-refractivity contribution >= 4 is 0 Å². The highest BCUT2D eigenvalue weighted by molar-refractivity contribution is 5.43. The van der Waals surface area contributed by atoms with Gasteiger partial charge in [-0.15, -0.1) is 0 Å². The minimum Gasteiger partial charge on any atom is -0.0590 e. The first-order chi connectivity index (χ1) is 11.2. The lowest BCUT2D eigenvalue weighted by molar-refractivity contribution is 0.581. The number of aryl methyl sites for hydroxylation is 4. The smallest absolute Gasteiger partial charge is 0.0127 e. The minimum absolute atomic E-state index is 0.264. The summed E-state index contributed by atoms with van der Waals surface area (Å²) < 4.78 is 0. The molecule has 2 aromatic rings. The van der Waals surface area contributed by atoms with Gasteiger partial charge in [-0.1, -0.05) is 77.4 Å². The average molecular weight is 339 g/mol. The molecule has 0 aliphatic heterocycles. The summed E-state index contributed by atoms with van der Waals surface area (Å²) in [6, 6.07) is 11.1. The normalized spacial score (nSPS) is 11.8. The van der Waals surface area contributed by atoms with Crippen LogP contribution in [0.4, 0.5) is 0 Å². The number of hydrogen-bond acceptors (Lipinski definition) is 0. The Morgan fingerprint density at radius 3 is 1.44 bits per heavy atom. The topological polar surface area (TPSA) is 0 Å². The molecule has 138 valence electrons. The standard InChI is InChI=1S/C13H20.C12H18/c1-9-7-8-10(2)12(11(9)3)13(4,5)6;1-9-6-7-10(2)11(8-9)12(3,4)5/h7-8H,1-6H3;6-8H,1-5H3. The average Bonchev–Trinajstić information content (AvgIpc) is 2.44. The first-order valence-corrected chi connectivity index (χ1v) is 9.40. The van der Waals surface area contributed by atoms with Crippen LogP contribution in [-0.2, 0) is 10.8 Å². The molecule has 0 amide bonds. The molecule has 0 aliphatic carbocycles. The Kier molecular flexibility index (Phi) is 6.68. The largest absolute Gasteiger partial charge is 0.0590 e. The van der Waals surface area contributed by atoms with E-state index < -0.39 is 0 Å². The summed E-state index contributed by atoms with van der Waals surface area (Å²) in [6.45, 7) is 24.6. The van der Waals surface area contributed by atoms with Crippen molar-refractivity contribution in [2.75, 3.05) is 0 Å². The summed E-state index contributed by atoms with van der Waals surface area (Å²) in [5.74, 6) is 0. The van der Waals surface area contributed by atoms with Gasteiger partial charge in [0.1, 0.15) is 0 Å². The van der Waals surface area contributed by atoms with E-state index in [0.29, 0.717) is 0 Å². The van der Waals surface area contributed by atoms with Crippen molar-refractivity contribution in [3.05, 3.63) is 69.3 Å². The van der Waals surface area contributed by atoms with E-state index in [1.54, 1.807) is 0 Å². The van der Waals surface area contributed by atoms with E-state index in [1.165, 1.54) is 38.9 Å². The third kappa shape index (κ3) is 5.73. The predicted molar refractivity (Wildman–Crippen MR) is 114 cm³/mol. The van der Waals surface area contributed by atoms with Crippen molar-refractivity contribution in [2.45, 2.75) is 87.0 Å². The molecule has 25 heavy (non-hydrogen) atoms. The number of rotatable bonds is 0. The molecular formula is C25H38. The van der Waals surface area contributed by atoms with E-state index in [0.717, 1.165) is 0 Å². The highest BCUT2D eigenvalue weighted by Crippen LogP contribution is 2.30. The Morgan fingerprint density at radius 1 is 0.560 bits per heavy atom. The summed E-state index contributed by atoms with van der Waals surface area (Å²) >= 11 is 0. The number of hydrogen-bond donors (Lipinski definition) is 0. The first-order valence-electron chi connectivity index (χ1n) is 9.40. The van der Waals surface area contributed by atoms with Crippen LogP contribution in [0.2, 0.25) is 0 Å². The molecule has 0 heteroatoms. The van der Waals surface area contributed by atoms with Gasteiger partial charge in [-0.25, -0.2) is 0 Å². The highest BCUT2D eigenvalue weighted by atomic mass is 14.2. The maximum Gasteiger partial charge on any atom is -0.0127 e. The Morgan fingerprint density at radius 2 is 1.04 bits per heavy atom. The molecule has 0 fully saturated rings. The Balaban J connectivity index is 0.000000251. The lowest BCUT2D eigenvalue weighted by Gasteiger charge is -2.25. The van der Waals surface area contributed by atoms with E-state index in [2.05, 4.69) is 106 Å². The van der Waals surface area contributed by atoms with Crippen molar-refractivity contribution in [1.82, 2.24) is 0 Å². The van der Waals surface area contributed by atoms with Gasteiger partial charge < -0.3 is 0 Å². The lowest BCUT2D eigenvalue weighted by atomic mass is 9.80. The third-order valence-electron chi connectivity index (χ3n) is 4.90. The molecule has 0 bridgehead atoms. The van der Waals surface area contributed by atoms with Crippen LogP contribution in [0.1, 0.15) is 80.5 Å². The second kappa shape index (κ2) is 7.77. The summed E-state index contributed by atoms with van der Waals surface area (Å²) in [5, 5.41) is 0. The van der Waals surface area contributed by atoms with Crippen LogP contribution >= 0.6 is 0 Å². The van der Waals surface area contributed by atoms with E-state index in [4.69, 9.17) is 0 Å². The van der Waals surface area contributed by atoms with Crippen LogP contribution < -0.4 is 0 Å². The monoisotopic (exact) mass is 338 g/mol. The lowest BCUT2D eigenvalue weighted by Crippen LogP contribution is -2.15. The van der Waals surface area contributed by atoms with Crippen molar-refractivity contribution in [1.29, 1.82) is 0 Å². The fraction of sp³-hybridized carbons (Fsp3) is 0.520. The zero-order valence-corrected chi connectivity index (χ0v) is 18.4. The quantitative estimate of drug-likeness (QED) is 0.466. The van der Waals surface area contributed by atoms with Gasteiger partial charge in [-0.2, -0.15) is 0 Å². The van der Waals surface area contributed by atoms with Crippen LogP contribution in [-0.4, -0.2) is 0 Å². The third-order valence-corrected chi connectivity index (χ3v) is 4.90. The second-order valence-electron chi connectivity index (χ2n) is 9.52. The fourth-order valence-corrected chi connectivity index (χ4v) is 3.65. The van der Waals surface area contributed by atoms with Crippen molar-refractivity contribution < 1.29 is 0 Å². The van der Waals surface area contributed by atoms with E-state index in [-0.39, 0.29) is 10.8 Å². The maximum absolute atomic E-state index is 2.29. The molecule has 0 aliphatic rings. The summed E-state index contributed by atoms with van der Waals surface area (Å²) in [4.78, 5) is 0. The van der Waals surface area contributed by atoms with Crippen molar-refractivity contribution in [2.24, 2.45) is 0 Å². The number of benzene rings is 2. The van der Waals surface area contributed by atoms with Crippen LogP contribution in [0.15, 0.2) is 30.3 Å². The summed E-state index contributed by atoms with van der Waals surface area (Å²) in [7, 11) is 0. The first kappa shape index (κ1) is 21.5. The minimum atomic E-state index is 0.264. The SMILES string of the molecule is Cc1ccc(C)c(C(C)(C)C)c1.Cc1ccc(C)c(C(C)(C)C)c1C. The van der Waals surface area contributed by atoms with Crippen LogP contribution in [0.25, 0.3) is 0 Å². The summed E-state index contributed by atoms with van der Waals surface area (Å²) in [5.41, 5.74) is 10.5. The van der Waals surface area contributed by atoms with Gasteiger partial charge in [0.05, 0.1) is 0 Å². The molecule has 0 aromatic heterocycles. The molecule has 0 atom stereocenters. The van der Waals surface area contributed by atoms with Crippen molar-refractivity contribution in [3.8, 4) is 0 Å². The van der Waals surface area contributed by atoms with Gasteiger partial charge in [-0.05, 0) is 78.8 Å². The zero-order valence-electron chi connectivity index (χ0n) is 18.4. The zero-order chi connectivity index (χ0) is 19.6. The van der Waals surface area contributed by atoms with E-state index >= 15 is 0 Å². The molecule has 0 N–H and O–H groups in total. The fourth-order valence-electron chi connectivity index (χ4n) is 3.65. The predicted octanol–water partition coefficient (Wildman–Crippen LogP) is 7.51. The molecule has 0 spiro atoms. The molecule has 2 aromatic carbocycles. The van der Waals surface area contributed by atoms with Gasteiger partial charge in [0.2, 0.25) is 0 Å². The van der Waals surface area contributed by atoms with Gasteiger partial charge in [0, 0.05) is 0 Å². The Bertz CT molecular complexity index is 719. The van der Waals surface area contributed by atoms with Crippen LogP contribution in [0.5, 0.6) is 0 Å². The molecule has 0 unspecified atom stereocenters. The van der Waals surface area contributed by atoms with Crippen LogP contribution in [0, 0.1) is 34.6 Å². The Hall–Kier alpha value is -1.56. The van der Waals surface area contributed by atoms with Gasteiger partial charge in [0.15, 0.2) is 0 Å². The second-order valence-corrected chi connectivity index (χ2v) is 9.52. The van der Waals surface area contributed by atoms with Gasteiger partial charge in [-0.3, -0.25) is 0 Å². The molecular weight excluding hydrogens is 300 g/mol. The molecule has 0 saturated heterocycles. The van der Waals surface area contributed by atoms with Gasteiger partial charge in [0.25, 0.3) is 0 Å². The molecule has 0 radical (unpaired) electrons. The maximum atomic E-state index is 2.29. The van der Waals surface area contributed by atoms with Crippen LogP contribution in [0.3, 0.4) is 0 Å². The van der Waals surface area contributed by atoms with Crippen molar-refractivity contribution in [3.63, 3.8) is 0 Å².